The molecule has 10 heteroatoms. The van der Waals surface area contributed by atoms with Gasteiger partial charge in [0.2, 0.25) is 11.1 Å². The van der Waals surface area contributed by atoms with Crippen LogP contribution in [0, 0.1) is 0 Å². The minimum absolute atomic E-state index is 0.00356. The second kappa shape index (κ2) is 10.7. The molecule has 0 spiro atoms. The smallest absolute Gasteiger partial charge is 0.387 e. The Morgan fingerprint density at radius 3 is 2.45 bits per heavy atom. The molecule has 1 aliphatic rings. The van der Waals surface area contributed by atoms with Gasteiger partial charge in [-0.15, -0.1) is 10.2 Å². The number of hydrogen-bond donors (Lipinski definition) is 1. The number of halogens is 2. The van der Waals surface area contributed by atoms with Crippen LogP contribution < -0.4 is 15.5 Å². The number of rotatable bonds is 8. The molecule has 1 heterocycles. The van der Waals surface area contributed by atoms with E-state index in [-0.39, 0.29) is 23.5 Å². The minimum atomic E-state index is -2.89. The van der Waals surface area contributed by atoms with Crippen LogP contribution >= 0.6 is 11.8 Å². The standard InChI is InChI=1S/C23H25F2N5O2S/c24-22(25)32-19-13-11-16(12-14-19)21-27-28-23(30(21)26)33-15-20(31)29(17-7-3-1-4-8-17)18-9-5-2-6-10-18/h1,3-4,7-8,11-14,18,22H,2,5-6,9-10,15,26H2. The Bertz CT molecular complexity index is 1060. The Balaban J connectivity index is 1.45. The van der Waals surface area contributed by atoms with E-state index in [0.717, 1.165) is 31.4 Å². The Hall–Kier alpha value is -3.14. The first kappa shape index (κ1) is 23.0. The molecule has 2 aromatic carbocycles. The van der Waals surface area contributed by atoms with Crippen LogP contribution in [0.25, 0.3) is 11.4 Å². The van der Waals surface area contributed by atoms with Crippen molar-refractivity contribution in [2.45, 2.75) is 49.9 Å². The van der Waals surface area contributed by atoms with Crippen molar-refractivity contribution in [2.24, 2.45) is 0 Å². The van der Waals surface area contributed by atoms with Crippen LogP contribution in [0.3, 0.4) is 0 Å². The van der Waals surface area contributed by atoms with Crippen molar-refractivity contribution in [2.75, 3.05) is 16.5 Å². The number of carbonyl (C=O) groups is 1. The third kappa shape index (κ3) is 5.62. The van der Waals surface area contributed by atoms with E-state index in [1.807, 2.05) is 35.2 Å². The molecular weight excluding hydrogens is 448 g/mol. The van der Waals surface area contributed by atoms with Crippen LogP contribution in [-0.4, -0.2) is 39.2 Å². The van der Waals surface area contributed by atoms with Gasteiger partial charge in [0.25, 0.3) is 0 Å². The number of benzene rings is 2. The SMILES string of the molecule is Nn1c(SCC(=O)N(c2ccccc2)C2CCCCC2)nnc1-c1ccc(OC(F)F)cc1. The summed E-state index contributed by atoms with van der Waals surface area (Å²) in [4.78, 5) is 15.2. The number of nitrogen functional groups attached to an aromatic ring is 1. The molecule has 3 aromatic rings. The van der Waals surface area contributed by atoms with E-state index in [1.54, 1.807) is 12.1 Å². The number of alkyl halides is 2. The Morgan fingerprint density at radius 2 is 1.79 bits per heavy atom. The highest BCUT2D eigenvalue weighted by atomic mass is 32.2. The first-order valence-corrected chi connectivity index (χ1v) is 11.8. The van der Waals surface area contributed by atoms with Gasteiger partial charge in [-0.3, -0.25) is 4.79 Å². The molecule has 1 aliphatic carbocycles. The van der Waals surface area contributed by atoms with Gasteiger partial charge in [-0.05, 0) is 49.2 Å². The zero-order chi connectivity index (χ0) is 23.2. The van der Waals surface area contributed by atoms with E-state index in [9.17, 15) is 13.6 Å². The fourth-order valence-electron chi connectivity index (χ4n) is 4.04. The van der Waals surface area contributed by atoms with E-state index in [1.165, 1.54) is 35.0 Å². The second-order valence-electron chi connectivity index (χ2n) is 7.76. The highest BCUT2D eigenvalue weighted by Crippen LogP contribution is 2.29. The fraction of sp³-hybridized carbons (Fsp3) is 0.348. The van der Waals surface area contributed by atoms with Gasteiger partial charge in [0.05, 0.1) is 5.75 Å². The van der Waals surface area contributed by atoms with Crippen molar-refractivity contribution < 1.29 is 18.3 Å². The van der Waals surface area contributed by atoms with Crippen molar-refractivity contribution in [3.63, 3.8) is 0 Å². The first-order chi connectivity index (χ1) is 16.0. The lowest BCUT2D eigenvalue weighted by Gasteiger charge is -2.34. The quantitative estimate of drug-likeness (QED) is 0.376. The molecule has 0 radical (unpaired) electrons. The lowest BCUT2D eigenvalue weighted by molar-refractivity contribution is -0.116. The zero-order valence-corrected chi connectivity index (χ0v) is 18.8. The first-order valence-electron chi connectivity index (χ1n) is 10.8. The minimum Gasteiger partial charge on any atom is -0.435 e. The average molecular weight is 474 g/mol. The van der Waals surface area contributed by atoms with Crippen molar-refractivity contribution in [1.29, 1.82) is 0 Å². The third-order valence-electron chi connectivity index (χ3n) is 5.57. The maximum atomic E-state index is 13.3. The monoisotopic (exact) mass is 473 g/mol. The highest BCUT2D eigenvalue weighted by Gasteiger charge is 2.27. The topological polar surface area (TPSA) is 86.3 Å². The molecular formula is C23H25F2N5O2S. The van der Waals surface area contributed by atoms with Gasteiger partial charge >= 0.3 is 6.61 Å². The summed E-state index contributed by atoms with van der Waals surface area (Å²) in [7, 11) is 0. The predicted octanol–water partition coefficient (Wildman–Crippen LogP) is 4.72. The van der Waals surface area contributed by atoms with Gasteiger partial charge in [0, 0.05) is 17.3 Å². The largest absolute Gasteiger partial charge is 0.435 e. The van der Waals surface area contributed by atoms with E-state index in [0.29, 0.717) is 16.5 Å². The summed E-state index contributed by atoms with van der Waals surface area (Å²) in [5, 5.41) is 8.60. The lowest BCUT2D eigenvalue weighted by atomic mass is 9.93. The molecule has 0 bridgehead atoms. The van der Waals surface area contributed by atoms with Crippen molar-refractivity contribution in [3.05, 3.63) is 54.6 Å². The van der Waals surface area contributed by atoms with E-state index >= 15 is 0 Å². The zero-order valence-electron chi connectivity index (χ0n) is 17.9. The van der Waals surface area contributed by atoms with Crippen molar-refractivity contribution in [3.8, 4) is 17.1 Å². The van der Waals surface area contributed by atoms with E-state index in [2.05, 4.69) is 14.9 Å². The van der Waals surface area contributed by atoms with Crippen LogP contribution in [0.1, 0.15) is 32.1 Å². The summed E-state index contributed by atoms with van der Waals surface area (Å²) in [6.45, 7) is -2.89. The molecule has 0 aliphatic heterocycles. The predicted molar refractivity (Wildman–Crippen MR) is 124 cm³/mol. The fourth-order valence-corrected chi connectivity index (χ4v) is 4.76. The molecule has 0 unspecified atom stereocenters. The summed E-state index contributed by atoms with van der Waals surface area (Å²) < 4.78 is 30.3. The van der Waals surface area contributed by atoms with Crippen molar-refractivity contribution >= 4 is 23.4 Å². The molecule has 1 saturated carbocycles. The number of nitrogens with zero attached hydrogens (tertiary/aromatic N) is 4. The summed E-state index contributed by atoms with van der Waals surface area (Å²) in [6, 6.07) is 15.9. The maximum Gasteiger partial charge on any atom is 0.387 e. The summed E-state index contributed by atoms with van der Waals surface area (Å²) in [5.41, 5.74) is 1.49. The molecule has 1 fully saturated rings. The van der Waals surface area contributed by atoms with Crippen molar-refractivity contribution in [1.82, 2.24) is 14.9 Å². The Kier molecular flexibility index (Phi) is 7.43. The van der Waals surface area contributed by atoms with Gasteiger partial charge in [0.1, 0.15) is 5.75 Å². The lowest BCUT2D eigenvalue weighted by Crippen LogP contribution is -2.42. The Labute approximate surface area is 194 Å². The van der Waals surface area contributed by atoms with Crippen LogP contribution in [-0.2, 0) is 4.79 Å². The van der Waals surface area contributed by atoms with Crippen LogP contribution in [0.15, 0.2) is 59.8 Å². The number of para-hydroxylation sites is 1. The summed E-state index contributed by atoms with van der Waals surface area (Å²) in [5.74, 6) is 6.73. The van der Waals surface area contributed by atoms with Crippen LogP contribution in [0.5, 0.6) is 5.75 Å². The summed E-state index contributed by atoms with van der Waals surface area (Å²) >= 11 is 1.22. The number of thioether (sulfide) groups is 1. The normalized spacial score (nSPS) is 14.4. The maximum absolute atomic E-state index is 13.3. The van der Waals surface area contributed by atoms with E-state index in [4.69, 9.17) is 5.84 Å². The second-order valence-corrected chi connectivity index (χ2v) is 8.70. The third-order valence-corrected chi connectivity index (χ3v) is 6.50. The number of carbonyl (C=O) groups excluding carboxylic acids is 1. The number of nitrogens with two attached hydrogens (primary N) is 1. The molecule has 2 N–H and O–H groups in total. The van der Waals surface area contributed by atoms with Gasteiger partial charge in [-0.1, -0.05) is 49.2 Å². The molecule has 7 nitrogen and oxygen atoms in total. The molecule has 33 heavy (non-hydrogen) atoms. The summed E-state index contributed by atoms with van der Waals surface area (Å²) in [6.07, 6.45) is 5.43. The number of anilines is 1. The number of amides is 1. The van der Waals surface area contributed by atoms with Crippen LogP contribution in [0.4, 0.5) is 14.5 Å². The highest BCUT2D eigenvalue weighted by molar-refractivity contribution is 7.99. The molecule has 174 valence electrons. The molecule has 4 rings (SSSR count). The van der Waals surface area contributed by atoms with Gasteiger partial charge < -0.3 is 15.5 Å². The number of aromatic nitrogens is 3. The number of ether oxygens (including phenoxy) is 1. The van der Waals surface area contributed by atoms with Gasteiger partial charge in [0.15, 0.2) is 5.82 Å². The van der Waals surface area contributed by atoms with Gasteiger partial charge in [-0.2, -0.15) is 8.78 Å². The Morgan fingerprint density at radius 1 is 1.09 bits per heavy atom. The molecule has 1 amide bonds. The van der Waals surface area contributed by atoms with E-state index < -0.39 is 6.61 Å². The average Bonchev–Trinajstić information content (AvgIpc) is 3.19. The van der Waals surface area contributed by atoms with Crippen LogP contribution in [0.2, 0.25) is 0 Å². The molecule has 1 aromatic heterocycles. The van der Waals surface area contributed by atoms with Gasteiger partial charge in [-0.25, -0.2) is 4.68 Å². The molecule has 0 saturated heterocycles. The number of hydrogen-bond acceptors (Lipinski definition) is 6. The molecule has 0 atom stereocenters.